The highest BCUT2D eigenvalue weighted by atomic mass is 35.5. The molecular weight excluding hydrogens is 319 g/mol. The molecule has 2 aromatic carbocycles. The molecule has 0 radical (unpaired) electrons. The number of carbonyl (C=O) groups is 1. The molecule has 0 bridgehead atoms. The van der Waals surface area contributed by atoms with E-state index in [4.69, 9.17) is 16.3 Å². The molecule has 0 aliphatic heterocycles. The van der Waals surface area contributed by atoms with Crippen LogP contribution in [-0.4, -0.2) is 12.5 Å². The summed E-state index contributed by atoms with van der Waals surface area (Å²) in [6.07, 6.45) is -4.58. The van der Waals surface area contributed by atoms with Crippen LogP contribution >= 0.6 is 11.6 Å². The van der Waals surface area contributed by atoms with Crippen LogP contribution in [0.25, 0.3) is 0 Å². The molecule has 7 heteroatoms. The largest absolute Gasteiger partial charge is 0.484 e. The summed E-state index contributed by atoms with van der Waals surface area (Å²) in [6.45, 7) is -0.312. The summed E-state index contributed by atoms with van der Waals surface area (Å²) in [6, 6.07) is 11.7. The summed E-state index contributed by atoms with van der Waals surface area (Å²) >= 11 is 5.50. The van der Waals surface area contributed by atoms with Crippen LogP contribution in [0.1, 0.15) is 5.56 Å². The van der Waals surface area contributed by atoms with Crippen LogP contribution in [0.15, 0.2) is 48.5 Å². The molecule has 1 amide bonds. The van der Waals surface area contributed by atoms with Gasteiger partial charge in [0.05, 0.1) is 10.6 Å². The molecule has 0 aromatic heterocycles. The first kappa shape index (κ1) is 16.2. The summed E-state index contributed by atoms with van der Waals surface area (Å²) in [7, 11) is 0. The second-order valence-corrected chi connectivity index (χ2v) is 4.75. The number of para-hydroxylation sites is 1. The quantitative estimate of drug-likeness (QED) is 0.904. The summed E-state index contributed by atoms with van der Waals surface area (Å²) < 4.78 is 43.3. The zero-order valence-electron chi connectivity index (χ0n) is 11.2. The van der Waals surface area contributed by atoms with Crippen molar-refractivity contribution >= 4 is 23.2 Å². The molecule has 0 aliphatic carbocycles. The Morgan fingerprint density at radius 1 is 1.14 bits per heavy atom. The normalized spacial score (nSPS) is 11.1. The third kappa shape index (κ3) is 4.39. The lowest BCUT2D eigenvalue weighted by molar-refractivity contribution is -0.137. The van der Waals surface area contributed by atoms with E-state index in [2.05, 4.69) is 5.32 Å². The number of carbonyl (C=O) groups excluding carboxylic acids is 1. The Bertz CT molecular complexity index is 660. The van der Waals surface area contributed by atoms with E-state index in [0.29, 0.717) is 5.75 Å². The Morgan fingerprint density at radius 3 is 2.45 bits per heavy atom. The minimum atomic E-state index is -4.58. The minimum Gasteiger partial charge on any atom is -0.484 e. The van der Waals surface area contributed by atoms with Crippen molar-refractivity contribution in [3.05, 3.63) is 59.1 Å². The molecule has 2 rings (SSSR count). The van der Waals surface area contributed by atoms with Gasteiger partial charge in [-0.25, -0.2) is 0 Å². The van der Waals surface area contributed by atoms with Crippen molar-refractivity contribution in [3.63, 3.8) is 0 Å². The summed E-state index contributed by atoms with van der Waals surface area (Å²) in [5.41, 5.74) is -1.01. The van der Waals surface area contributed by atoms with E-state index in [1.807, 2.05) is 0 Å². The number of nitrogens with one attached hydrogen (secondary N) is 1. The average molecular weight is 330 g/mol. The van der Waals surface area contributed by atoms with E-state index in [-0.39, 0.29) is 12.3 Å². The SMILES string of the molecule is O=C(COc1ccccc1)Nc1ccc(Cl)c(C(F)(F)F)c1. The van der Waals surface area contributed by atoms with E-state index in [9.17, 15) is 18.0 Å². The number of benzene rings is 2. The van der Waals surface area contributed by atoms with Gasteiger partial charge in [-0.15, -0.1) is 0 Å². The highest BCUT2D eigenvalue weighted by molar-refractivity contribution is 6.31. The highest BCUT2D eigenvalue weighted by Gasteiger charge is 2.33. The number of ether oxygens (including phenoxy) is 1. The topological polar surface area (TPSA) is 38.3 Å². The van der Waals surface area contributed by atoms with Crippen molar-refractivity contribution in [2.75, 3.05) is 11.9 Å². The first-order valence-corrected chi connectivity index (χ1v) is 6.58. The first-order chi connectivity index (χ1) is 10.4. The monoisotopic (exact) mass is 329 g/mol. The van der Waals surface area contributed by atoms with E-state index < -0.39 is 22.7 Å². The number of anilines is 1. The summed E-state index contributed by atoms with van der Waals surface area (Å²) in [4.78, 5) is 11.7. The number of alkyl halides is 3. The number of halogens is 4. The van der Waals surface area contributed by atoms with Gasteiger partial charge in [0.1, 0.15) is 5.75 Å². The van der Waals surface area contributed by atoms with Gasteiger partial charge in [-0.1, -0.05) is 29.8 Å². The standard InChI is InChI=1S/C15H11ClF3NO2/c16-13-7-6-10(8-12(13)15(17,18)19)20-14(21)9-22-11-4-2-1-3-5-11/h1-8H,9H2,(H,20,21). The van der Waals surface area contributed by atoms with Crippen molar-refractivity contribution in [1.82, 2.24) is 0 Å². The van der Waals surface area contributed by atoms with Crippen molar-refractivity contribution < 1.29 is 22.7 Å². The van der Waals surface area contributed by atoms with Crippen molar-refractivity contribution in [2.45, 2.75) is 6.18 Å². The third-order valence-corrected chi connectivity index (χ3v) is 3.00. The van der Waals surface area contributed by atoms with Crippen molar-refractivity contribution in [2.24, 2.45) is 0 Å². The average Bonchev–Trinajstić information content (AvgIpc) is 2.47. The first-order valence-electron chi connectivity index (χ1n) is 6.21. The van der Waals surface area contributed by atoms with E-state index in [1.165, 1.54) is 6.07 Å². The fourth-order valence-corrected chi connectivity index (χ4v) is 1.91. The molecule has 1 N–H and O–H groups in total. The van der Waals surface area contributed by atoms with Gasteiger partial charge in [0, 0.05) is 5.69 Å². The van der Waals surface area contributed by atoms with Crippen molar-refractivity contribution in [3.8, 4) is 5.75 Å². The van der Waals surface area contributed by atoms with Crippen LogP contribution in [-0.2, 0) is 11.0 Å². The Kier molecular flexibility index (Phi) is 4.92. The zero-order chi connectivity index (χ0) is 16.2. The molecule has 0 spiro atoms. The molecule has 0 fully saturated rings. The van der Waals surface area contributed by atoms with Gasteiger partial charge >= 0.3 is 6.18 Å². The molecule has 3 nitrogen and oxygen atoms in total. The molecule has 0 saturated heterocycles. The maximum atomic E-state index is 12.7. The Morgan fingerprint density at radius 2 is 1.82 bits per heavy atom. The molecule has 116 valence electrons. The fourth-order valence-electron chi connectivity index (χ4n) is 1.68. The van der Waals surface area contributed by atoms with Gasteiger partial charge in [-0.3, -0.25) is 4.79 Å². The highest BCUT2D eigenvalue weighted by Crippen LogP contribution is 2.36. The van der Waals surface area contributed by atoms with Crippen molar-refractivity contribution in [1.29, 1.82) is 0 Å². The predicted molar refractivity (Wildman–Crippen MR) is 77.0 cm³/mol. The maximum absolute atomic E-state index is 12.7. The molecule has 0 saturated carbocycles. The molecule has 2 aromatic rings. The van der Waals surface area contributed by atoms with E-state index in [1.54, 1.807) is 30.3 Å². The maximum Gasteiger partial charge on any atom is 0.417 e. The van der Waals surface area contributed by atoms with Crippen LogP contribution in [0.5, 0.6) is 5.75 Å². The summed E-state index contributed by atoms with van der Waals surface area (Å²) in [5.74, 6) is -0.0796. The zero-order valence-corrected chi connectivity index (χ0v) is 11.9. The lowest BCUT2D eigenvalue weighted by Crippen LogP contribution is -2.20. The van der Waals surface area contributed by atoms with Gasteiger partial charge in [-0.2, -0.15) is 13.2 Å². The number of hydrogen-bond donors (Lipinski definition) is 1. The van der Waals surface area contributed by atoms with Gasteiger partial charge in [-0.05, 0) is 30.3 Å². The molecule has 22 heavy (non-hydrogen) atoms. The number of amides is 1. The second kappa shape index (κ2) is 6.70. The molecule has 0 heterocycles. The van der Waals surface area contributed by atoms with Crippen LogP contribution in [0.3, 0.4) is 0 Å². The van der Waals surface area contributed by atoms with Crippen LogP contribution in [0.4, 0.5) is 18.9 Å². The van der Waals surface area contributed by atoms with Gasteiger partial charge in [0.15, 0.2) is 6.61 Å². The summed E-state index contributed by atoms with van der Waals surface area (Å²) in [5, 5.41) is 1.90. The molecular formula is C15H11ClF3NO2. The predicted octanol–water partition coefficient (Wildman–Crippen LogP) is 4.38. The second-order valence-electron chi connectivity index (χ2n) is 4.34. The molecule has 0 unspecified atom stereocenters. The van der Waals surface area contributed by atoms with Gasteiger partial charge in [0.25, 0.3) is 5.91 Å². The Hall–Kier alpha value is -2.21. The lowest BCUT2D eigenvalue weighted by Gasteiger charge is -2.12. The minimum absolute atomic E-state index is 0.00149. The Labute approximate surface area is 129 Å². The smallest absolute Gasteiger partial charge is 0.417 e. The third-order valence-electron chi connectivity index (χ3n) is 2.67. The number of hydrogen-bond acceptors (Lipinski definition) is 2. The molecule has 0 aliphatic rings. The molecule has 0 atom stereocenters. The van der Waals surface area contributed by atoms with Gasteiger partial charge < -0.3 is 10.1 Å². The Balaban J connectivity index is 2.00. The van der Waals surface area contributed by atoms with E-state index >= 15 is 0 Å². The fraction of sp³-hybridized carbons (Fsp3) is 0.133. The lowest BCUT2D eigenvalue weighted by atomic mass is 10.2. The van der Waals surface area contributed by atoms with Gasteiger partial charge in [0.2, 0.25) is 0 Å². The van der Waals surface area contributed by atoms with Crippen LogP contribution in [0.2, 0.25) is 5.02 Å². The number of rotatable bonds is 4. The van der Waals surface area contributed by atoms with E-state index in [0.717, 1.165) is 12.1 Å². The van der Waals surface area contributed by atoms with Crippen LogP contribution in [0, 0.1) is 0 Å². The van der Waals surface area contributed by atoms with Crippen LogP contribution < -0.4 is 10.1 Å².